The van der Waals surface area contributed by atoms with Gasteiger partial charge in [-0.1, -0.05) is 12.1 Å². The average Bonchev–Trinajstić information content (AvgIpc) is 3.34. The zero-order valence-corrected chi connectivity index (χ0v) is 15.0. The number of hydrogen-bond donors (Lipinski definition) is 3. The number of rotatable bonds is 4. The highest BCUT2D eigenvalue weighted by Crippen LogP contribution is 2.37. The second-order valence-corrected chi connectivity index (χ2v) is 7.13. The van der Waals surface area contributed by atoms with Gasteiger partial charge in [0.2, 0.25) is 0 Å². The molecule has 0 aliphatic carbocycles. The van der Waals surface area contributed by atoms with Crippen LogP contribution in [-0.4, -0.2) is 41.5 Å². The van der Waals surface area contributed by atoms with Crippen LogP contribution in [0.4, 0.5) is 4.79 Å². The number of pyridine rings is 1. The molecule has 3 amide bonds. The number of nitrogens with zero attached hydrogens (tertiary/aromatic N) is 2. The second kappa shape index (κ2) is 7.36. The second-order valence-electron chi connectivity index (χ2n) is 7.13. The van der Waals surface area contributed by atoms with Crippen molar-refractivity contribution >= 4 is 11.9 Å². The van der Waals surface area contributed by atoms with Crippen molar-refractivity contribution in [2.45, 2.75) is 19.0 Å². The van der Waals surface area contributed by atoms with Crippen LogP contribution in [-0.2, 0) is 6.54 Å². The Balaban J connectivity index is 1.50. The molecule has 140 valence electrons. The summed E-state index contributed by atoms with van der Waals surface area (Å²) in [5.74, 6) is 0.428. The van der Waals surface area contributed by atoms with Gasteiger partial charge in [0.15, 0.2) is 0 Å². The molecule has 1 saturated heterocycles. The van der Waals surface area contributed by atoms with Crippen molar-refractivity contribution in [1.82, 2.24) is 20.5 Å². The summed E-state index contributed by atoms with van der Waals surface area (Å²) in [5, 5.41) is 6.30. The van der Waals surface area contributed by atoms with E-state index < -0.39 is 6.03 Å². The molecule has 0 spiro atoms. The van der Waals surface area contributed by atoms with Gasteiger partial charge in [-0.2, -0.15) is 0 Å². The van der Waals surface area contributed by atoms with Crippen LogP contribution < -0.4 is 16.4 Å². The minimum atomic E-state index is -0.469. The lowest BCUT2D eigenvalue weighted by Crippen LogP contribution is -2.34. The molecule has 1 unspecified atom stereocenters. The molecule has 0 radical (unpaired) electrons. The Morgan fingerprint density at radius 2 is 2.07 bits per heavy atom. The number of fused-ring (bicyclic) bond motifs is 1. The van der Waals surface area contributed by atoms with E-state index in [2.05, 4.69) is 15.6 Å². The third kappa shape index (κ3) is 3.50. The van der Waals surface area contributed by atoms with E-state index in [1.165, 1.54) is 0 Å². The minimum absolute atomic E-state index is 0.0729. The van der Waals surface area contributed by atoms with Gasteiger partial charge in [0, 0.05) is 24.5 Å². The minimum Gasteiger partial charge on any atom is -0.352 e. The largest absolute Gasteiger partial charge is 0.352 e. The number of primary amides is 1. The maximum Gasteiger partial charge on any atom is 0.315 e. The average molecular weight is 365 g/mol. The molecule has 2 aromatic rings. The van der Waals surface area contributed by atoms with Crippen LogP contribution in [0.5, 0.6) is 0 Å². The number of nitrogens with one attached hydrogen (secondary N) is 2. The summed E-state index contributed by atoms with van der Waals surface area (Å²) in [5.41, 5.74) is 9.14. The van der Waals surface area contributed by atoms with Crippen LogP contribution in [0.2, 0.25) is 0 Å². The van der Waals surface area contributed by atoms with Gasteiger partial charge in [-0.05, 0) is 60.3 Å². The third-order valence-electron chi connectivity index (χ3n) is 5.37. The Bertz CT molecular complexity index is 846. The number of nitrogens with two attached hydrogens (primary N) is 1. The SMILES string of the molecule is NC(=O)N1Cc2cnccc2C1c1ccc(C(=O)NC[C@H]2CCNC2)cc1. The lowest BCUT2D eigenvalue weighted by atomic mass is 9.98. The van der Waals surface area contributed by atoms with Crippen molar-refractivity contribution in [2.24, 2.45) is 11.7 Å². The third-order valence-corrected chi connectivity index (χ3v) is 5.37. The number of benzene rings is 1. The van der Waals surface area contributed by atoms with Crippen LogP contribution in [0.3, 0.4) is 0 Å². The molecule has 3 heterocycles. The number of carbonyl (C=O) groups excluding carboxylic acids is 2. The summed E-state index contributed by atoms with van der Waals surface area (Å²) in [6.07, 6.45) is 4.58. The van der Waals surface area contributed by atoms with E-state index in [1.54, 1.807) is 29.4 Å². The molecule has 7 nitrogen and oxygen atoms in total. The molecule has 2 aliphatic rings. The predicted octanol–water partition coefficient (Wildman–Crippen LogP) is 1.40. The van der Waals surface area contributed by atoms with E-state index in [-0.39, 0.29) is 11.9 Å². The molecule has 2 atom stereocenters. The highest BCUT2D eigenvalue weighted by Gasteiger charge is 2.33. The summed E-state index contributed by atoms with van der Waals surface area (Å²) in [7, 11) is 0. The first kappa shape index (κ1) is 17.5. The quantitative estimate of drug-likeness (QED) is 0.762. The van der Waals surface area contributed by atoms with E-state index in [0.717, 1.165) is 36.2 Å². The van der Waals surface area contributed by atoms with E-state index >= 15 is 0 Å². The molecule has 27 heavy (non-hydrogen) atoms. The van der Waals surface area contributed by atoms with Crippen LogP contribution in [0.15, 0.2) is 42.7 Å². The summed E-state index contributed by atoms with van der Waals surface area (Å²) in [4.78, 5) is 30.0. The molecule has 7 heteroatoms. The number of aromatic nitrogens is 1. The van der Waals surface area contributed by atoms with Gasteiger partial charge in [-0.3, -0.25) is 9.78 Å². The predicted molar refractivity (Wildman–Crippen MR) is 101 cm³/mol. The molecule has 0 saturated carbocycles. The highest BCUT2D eigenvalue weighted by molar-refractivity contribution is 5.94. The normalized spacial score (nSPS) is 21.1. The Morgan fingerprint density at radius 3 is 2.78 bits per heavy atom. The smallest absolute Gasteiger partial charge is 0.315 e. The van der Waals surface area contributed by atoms with E-state index in [1.807, 2.05) is 18.2 Å². The zero-order valence-electron chi connectivity index (χ0n) is 15.0. The van der Waals surface area contributed by atoms with Gasteiger partial charge < -0.3 is 21.3 Å². The fraction of sp³-hybridized carbons (Fsp3) is 0.350. The Kier molecular flexibility index (Phi) is 4.77. The van der Waals surface area contributed by atoms with Crippen molar-refractivity contribution < 1.29 is 9.59 Å². The lowest BCUT2D eigenvalue weighted by molar-refractivity contribution is 0.0948. The van der Waals surface area contributed by atoms with Gasteiger partial charge in [0.1, 0.15) is 0 Å². The van der Waals surface area contributed by atoms with Gasteiger partial charge >= 0.3 is 6.03 Å². The number of hydrogen-bond acceptors (Lipinski definition) is 4. The van der Waals surface area contributed by atoms with Crippen molar-refractivity contribution in [2.75, 3.05) is 19.6 Å². The number of carbonyl (C=O) groups is 2. The molecular weight excluding hydrogens is 342 g/mol. The van der Waals surface area contributed by atoms with Crippen molar-refractivity contribution in [1.29, 1.82) is 0 Å². The standard InChI is InChI=1S/C20H23N5O2/c21-20(27)25-12-16-11-23-8-6-17(16)18(25)14-1-3-15(4-2-14)19(26)24-10-13-5-7-22-9-13/h1-4,6,8,11,13,18,22H,5,7,9-10,12H2,(H2,21,27)(H,24,26)/t13-,18?/m0/s1. The molecular formula is C20H23N5O2. The Hall–Kier alpha value is -2.93. The molecule has 0 bridgehead atoms. The Labute approximate surface area is 158 Å². The van der Waals surface area contributed by atoms with Crippen molar-refractivity contribution in [3.63, 3.8) is 0 Å². The first-order valence-electron chi connectivity index (χ1n) is 9.21. The van der Waals surface area contributed by atoms with Gasteiger partial charge in [0.05, 0.1) is 12.6 Å². The van der Waals surface area contributed by atoms with Gasteiger partial charge in [-0.15, -0.1) is 0 Å². The zero-order chi connectivity index (χ0) is 18.8. The van der Waals surface area contributed by atoms with Crippen LogP contribution in [0.1, 0.15) is 39.5 Å². The van der Waals surface area contributed by atoms with Gasteiger partial charge in [-0.25, -0.2) is 4.79 Å². The highest BCUT2D eigenvalue weighted by atomic mass is 16.2. The topological polar surface area (TPSA) is 100 Å². The van der Waals surface area contributed by atoms with Crippen LogP contribution >= 0.6 is 0 Å². The first-order valence-corrected chi connectivity index (χ1v) is 9.21. The monoisotopic (exact) mass is 365 g/mol. The fourth-order valence-corrected chi connectivity index (χ4v) is 3.89. The summed E-state index contributed by atoms with van der Waals surface area (Å²) in [6, 6.07) is 8.58. The summed E-state index contributed by atoms with van der Waals surface area (Å²) < 4.78 is 0. The number of urea groups is 1. The van der Waals surface area contributed by atoms with Crippen molar-refractivity contribution in [3.05, 3.63) is 65.0 Å². The van der Waals surface area contributed by atoms with E-state index in [9.17, 15) is 9.59 Å². The maximum atomic E-state index is 12.4. The molecule has 1 fully saturated rings. The van der Waals surface area contributed by atoms with Gasteiger partial charge in [0.25, 0.3) is 5.91 Å². The summed E-state index contributed by atoms with van der Waals surface area (Å²) in [6.45, 7) is 3.11. The molecule has 1 aromatic carbocycles. The summed E-state index contributed by atoms with van der Waals surface area (Å²) >= 11 is 0. The van der Waals surface area contributed by atoms with Crippen LogP contribution in [0.25, 0.3) is 0 Å². The molecule has 4 rings (SSSR count). The van der Waals surface area contributed by atoms with E-state index in [0.29, 0.717) is 24.6 Å². The number of amides is 3. The van der Waals surface area contributed by atoms with Crippen molar-refractivity contribution in [3.8, 4) is 0 Å². The molecule has 4 N–H and O–H groups in total. The fourth-order valence-electron chi connectivity index (χ4n) is 3.89. The van der Waals surface area contributed by atoms with E-state index in [4.69, 9.17) is 5.73 Å². The lowest BCUT2D eigenvalue weighted by Gasteiger charge is -2.24. The molecule has 1 aromatic heterocycles. The van der Waals surface area contributed by atoms with Crippen LogP contribution in [0, 0.1) is 5.92 Å². The maximum absolute atomic E-state index is 12.4. The first-order chi connectivity index (χ1) is 13.1. The Morgan fingerprint density at radius 1 is 1.26 bits per heavy atom. The molecule has 2 aliphatic heterocycles.